The number of rotatable bonds is 6. The first-order valence-corrected chi connectivity index (χ1v) is 6.81. The van der Waals surface area contributed by atoms with Crippen LogP contribution < -0.4 is 0 Å². The van der Waals surface area contributed by atoms with E-state index in [1.807, 2.05) is 0 Å². The Labute approximate surface area is 103 Å². The smallest absolute Gasteiger partial charge is 0.0596 e. The van der Waals surface area contributed by atoms with E-state index in [2.05, 4.69) is 29.7 Å². The molecule has 1 atom stereocenters. The van der Waals surface area contributed by atoms with Crippen LogP contribution in [0.5, 0.6) is 0 Å². The van der Waals surface area contributed by atoms with Crippen molar-refractivity contribution in [3.8, 4) is 0 Å². The Balaban J connectivity index is 1.79. The van der Waals surface area contributed by atoms with Crippen LogP contribution >= 0.6 is 11.6 Å². The molecular formula is C13H21ClN2. The number of halogens is 1. The van der Waals surface area contributed by atoms with Crippen molar-refractivity contribution in [3.05, 3.63) is 17.5 Å². The van der Waals surface area contributed by atoms with Crippen LogP contribution in [-0.2, 0) is 13.0 Å². The highest BCUT2D eigenvalue weighted by atomic mass is 35.5. The van der Waals surface area contributed by atoms with Crippen molar-refractivity contribution in [1.82, 2.24) is 9.78 Å². The van der Waals surface area contributed by atoms with Crippen molar-refractivity contribution in [2.24, 2.45) is 5.92 Å². The first kappa shape index (κ1) is 12.0. The lowest BCUT2D eigenvalue weighted by Gasteiger charge is -2.08. The maximum atomic E-state index is 6.30. The molecule has 0 aliphatic heterocycles. The molecule has 90 valence electrons. The molecule has 1 heterocycles. The van der Waals surface area contributed by atoms with Gasteiger partial charge in [-0.15, -0.1) is 11.6 Å². The number of nitrogens with zero attached hydrogens (tertiary/aromatic N) is 2. The summed E-state index contributed by atoms with van der Waals surface area (Å²) in [6.07, 6.45) is 6.15. The van der Waals surface area contributed by atoms with E-state index < -0.39 is 0 Å². The summed E-state index contributed by atoms with van der Waals surface area (Å²) >= 11 is 6.30. The first-order chi connectivity index (χ1) is 7.70. The van der Waals surface area contributed by atoms with Crippen molar-refractivity contribution in [2.75, 3.05) is 0 Å². The maximum Gasteiger partial charge on any atom is 0.0596 e. The van der Waals surface area contributed by atoms with Gasteiger partial charge in [0.1, 0.15) is 0 Å². The minimum atomic E-state index is 0.416. The van der Waals surface area contributed by atoms with Crippen molar-refractivity contribution in [1.29, 1.82) is 0 Å². The Morgan fingerprint density at radius 3 is 2.94 bits per heavy atom. The monoisotopic (exact) mass is 240 g/mol. The molecule has 1 saturated carbocycles. The zero-order chi connectivity index (χ0) is 11.5. The zero-order valence-corrected chi connectivity index (χ0v) is 11.0. The second-order valence-corrected chi connectivity index (χ2v) is 5.40. The van der Waals surface area contributed by atoms with Crippen molar-refractivity contribution < 1.29 is 0 Å². The van der Waals surface area contributed by atoms with Crippen LogP contribution in [0, 0.1) is 12.8 Å². The molecule has 1 aliphatic rings. The molecule has 1 aliphatic carbocycles. The third-order valence-corrected chi connectivity index (χ3v) is 3.91. The third kappa shape index (κ3) is 3.00. The molecule has 0 bridgehead atoms. The highest BCUT2D eigenvalue weighted by molar-refractivity contribution is 6.20. The predicted molar refractivity (Wildman–Crippen MR) is 67.9 cm³/mol. The topological polar surface area (TPSA) is 17.8 Å². The number of hydrogen-bond donors (Lipinski definition) is 0. The van der Waals surface area contributed by atoms with Crippen molar-refractivity contribution in [2.45, 2.75) is 57.9 Å². The lowest BCUT2D eigenvalue weighted by atomic mass is 10.1. The zero-order valence-electron chi connectivity index (χ0n) is 10.2. The van der Waals surface area contributed by atoms with Gasteiger partial charge in [-0.3, -0.25) is 4.68 Å². The normalized spacial score (nSPS) is 17.7. The molecule has 0 aromatic carbocycles. The summed E-state index contributed by atoms with van der Waals surface area (Å²) in [6, 6.07) is 2.20. The lowest BCUT2D eigenvalue weighted by Crippen LogP contribution is -2.05. The van der Waals surface area contributed by atoms with Crippen LogP contribution in [0.4, 0.5) is 0 Å². The second kappa shape index (κ2) is 5.22. The number of alkyl halides is 1. The number of aryl methyl sites for hydroxylation is 3. The Kier molecular flexibility index (Phi) is 3.91. The van der Waals surface area contributed by atoms with Gasteiger partial charge in [-0.2, -0.15) is 5.10 Å². The Morgan fingerprint density at radius 1 is 1.56 bits per heavy atom. The van der Waals surface area contributed by atoms with Gasteiger partial charge in [0.25, 0.3) is 0 Å². The summed E-state index contributed by atoms with van der Waals surface area (Å²) in [4.78, 5) is 0. The molecular weight excluding hydrogens is 220 g/mol. The fourth-order valence-corrected chi connectivity index (χ4v) is 2.65. The summed E-state index contributed by atoms with van der Waals surface area (Å²) in [6.45, 7) is 5.17. The summed E-state index contributed by atoms with van der Waals surface area (Å²) in [5, 5.41) is 4.87. The van der Waals surface area contributed by atoms with Crippen LogP contribution in [0.15, 0.2) is 6.07 Å². The average Bonchev–Trinajstić information content (AvgIpc) is 3.03. The minimum Gasteiger partial charge on any atom is -0.270 e. The van der Waals surface area contributed by atoms with Gasteiger partial charge in [-0.25, -0.2) is 0 Å². The fourth-order valence-electron chi connectivity index (χ4n) is 2.25. The Bertz CT molecular complexity index is 342. The molecule has 0 amide bonds. The van der Waals surface area contributed by atoms with Gasteiger partial charge in [0.2, 0.25) is 0 Å². The largest absolute Gasteiger partial charge is 0.270 e. The highest BCUT2D eigenvalue weighted by Gasteiger charge is 2.28. The van der Waals surface area contributed by atoms with Gasteiger partial charge in [-0.1, -0.05) is 0 Å². The van der Waals surface area contributed by atoms with E-state index >= 15 is 0 Å². The number of hydrogen-bond acceptors (Lipinski definition) is 1. The quantitative estimate of drug-likeness (QED) is 0.696. The summed E-state index contributed by atoms with van der Waals surface area (Å²) in [5.41, 5.74) is 2.49. The van der Waals surface area contributed by atoms with Crippen LogP contribution in [0.1, 0.15) is 44.0 Å². The van der Waals surface area contributed by atoms with Crippen LogP contribution in [0.25, 0.3) is 0 Å². The highest BCUT2D eigenvalue weighted by Crippen LogP contribution is 2.37. The van der Waals surface area contributed by atoms with Crippen LogP contribution in [-0.4, -0.2) is 15.2 Å². The van der Waals surface area contributed by atoms with Gasteiger partial charge in [0.05, 0.1) is 5.69 Å². The molecule has 1 aromatic rings. The maximum absolute atomic E-state index is 6.30. The summed E-state index contributed by atoms with van der Waals surface area (Å²) in [7, 11) is 0. The summed E-state index contributed by atoms with van der Waals surface area (Å²) in [5.74, 6) is 0.819. The lowest BCUT2D eigenvalue weighted by molar-refractivity contribution is 0.581. The third-order valence-electron chi connectivity index (χ3n) is 3.33. The summed E-state index contributed by atoms with van der Waals surface area (Å²) < 4.78 is 2.11. The Morgan fingerprint density at radius 2 is 2.31 bits per heavy atom. The minimum absolute atomic E-state index is 0.416. The van der Waals surface area contributed by atoms with Crippen molar-refractivity contribution >= 4 is 11.6 Å². The molecule has 1 unspecified atom stereocenters. The molecule has 2 nitrogen and oxygen atoms in total. The average molecular weight is 241 g/mol. The molecule has 0 saturated heterocycles. The fraction of sp³-hybridized carbons (Fsp3) is 0.769. The van der Waals surface area contributed by atoms with Gasteiger partial charge < -0.3 is 0 Å². The Hall–Kier alpha value is -0.500. The molecule has 0 radical (unpaired) electrons. The standard InChI is InChI=1S/C13H21ClN2/c1-3-16-12(9-10(2)15-16)5-4-6-13(14)11-7-8-11/h9,11,13H,3-8H2,1-2H3. The van der Waals surface area contributed by atoms with Crippen LogP contribution in [0.2, 0.25) is 0 Å². The van der Waals surface area contributed by atoms with Gasteiger partial charge in [0.15, 0.2) is 0 Å². The second-order valence-electron chi connectivity index (χ2n) is 4.84. The van der Waals surface area contributed by atoms with Crippen LogP contribution in [0.3, 0.4) is 0 Å². The molecule has 0 spiro atoms. The molecule has 0 N–H and O–H groups in total. The first-order valence-electron chi connectivity index (χ1n) is 6.38. The molecule has 1 fully saturated rings. The van der Waals surface area contributed by atoms with Gasteiger partial charge >= 0.3 is 0 Å². The van der Waals surface area contributed by atoms with Crippen molar-refractivity contribution in [3.63, 3.8) is 0 Å². The molecule has 2 rings (SSSR count). The van der Waals surface area contributed by atoms with E-state index in [-0.39, 0.29) is 0 Å². The van der Waals surface area contributed by atoms with E-state index in [1.165, 1.54) is 25.0 Å². The van der Waals surface area contributed by atoms with E-state index in [0.717, 1.165) is 31.0 Å². The molecule has 3 heteroatoms. The molecule has 16 heavy (non-hydrogen) atoms. The van der Waals surface area contributed by atoms with E-state index in [9.17, 15) is 0 Å². The van der Waals surface area contributed by atoms with Gasteiger partial charge in [-0.05, 0) is 57.9 Å². The van der Waals surface area contributed by atoms with E-state index in [1.54, 1.807) is 0 Å². The predicted octanol–water partition coefficient (Wildman–Crippen LogP) is 3.55. The SMILES string of the molecule is CCn1nc(C)cc1CCCC(Cl)C1CC1. The van der Waals surface area contributed by atoms with E-state index in [0.29, 0.717) is 5.38 Å². The number of aromatic nitrogens is 2. The molecule has 1 aromatic heterocycles. The van der Waals surface area contributed by atoms with Gasteiger partial charge in [0, 0.05) is 17.6 Å². The van der Waals surface area contributed by atoms with E-state index in [4.69, 9.17) is 11.6 Å².